The van der Waals surface area contributed by atoms with Crippen molar-refractivity contribution >= 4 is 5.97 Å². The van der Waals surface area contributed by atoms with Crippen LogP contribution in [0.1, 0.15) is 25.5 Å². The van der Waals surface area contributed by atoms with Crippen molar-refractivity contribution in [3.05, 3.63) is 35.9 Å². The van der Waals surface area contributed by atoms with Crippen molar-refractivity contribution in [2.75, 3.05) is 7.11 Å². The van der Waals surface area contributed by atoms with Crippen LogP contribution in [0.3, 0.4) is 0 Å². The first-order chi connectivity index (χ1) is 7.00. The third kappa shape index (κ3) is 2.36. The van der Waals surface area contributed by atoms with Crippen molar-refractivity contribution in [1.29, 1.82) is 0 Å². The largest absolute Gasteiger partial charge is 0.469 e. The van der Waals surface area contributed by atoms with E-state index in [4.69, 9.17) is 0 Å². The maximum atomic E-state index is 11.5. The standard InChI is InChI=1S/C12H16O3/c1-12(2,11(14)15-3)10(13)9-7-5-4-6-8-9/h4-8,10,13H,1-3H3/t10-/m1/s1. The van der Waals surface area contributed by atoms with Gasteiger partial charge < -0.3 is 9.84 Å². The van der Waals surface area contributed by atoms with Crippen LogP contribution in [-0.4, -0.2) is 18.2 Å². The second-order valence-corrected chi connectivity index (χ2v) is 4.03. The predicted octanol–water partition coefficient (Wildman–Crippen LogP) is 1.92. The fraction of sp³-hybridized carbons (Fsp3) is 0.417. The molecule has 0 heterocycles. The maximum Gasteiger partial charge on any atom is 0.314 e. The highest BCUT2D eigenvalue weighted by Crippen LogP contribution is 2.34. The molecule has 0 aromatic heterocycles. The molecule has 1 aromatic rings. The first kappa shape index (κ1) is 11.7. The quantitative estimate of drug-likeness (QED) is 0.772. The van der Waals surface area contributed by atoms with Gasteiger partial charge in [-0.15, -0.1) is 0 Å². The van der Waals surface area contributed by atoms with Gasteiger partial charge >= 0.3 is 5.97 Å². The van der Waals surface area contributed by atoms with E-state index in [-0.39, 0.29) is 0 Å². The highest BCUT2D eigenvalue weighted by molar-refractivity contribution is 5.76. The van der Waals surface area contributed by atoms with Crippen LogP contribution in [0.2, 0.25) is 0 Å². The van der Waals surface area contributed by atoms with Gasteiger partial charge in [-0.05, 0) is 19.4 Å². The van der Waals surface area contributed by atoms with Crippen LogP contribution in [0.4, 0.5) is 0 Å². The highest BCUT2D eigenvalue weighted by atomic mass is 16.5. The fourth-order valence-corrected chi connectivity index (χ4v) is 1.43. The van der Waals surface area contributed by atoms with Gasteiger partial charge in [-0.1, -0.05) is 30.3 Å². The van der Waals surface area contributed by atoms with Crippen molar-refractivity contribution in [1.82, 2.24) is 0 Å². The topological polar surface area (TPSA) is 46.5 Å². The summed E-state index contributed by atoms with van der Waals surface area (Å²) < 4.78 is 4.66. The Labute approximate surface area is 89.7 Å². The predicted molar refractivity (Wildman–Crippen MR) is 57.2 cm³/mol. The van der Waals surface area contributed by atoms with Crippen LogP contribution in [0, 0.1) is 5.41 Å². The number of esters is 1. The van der Waals surface area contributed by atoms with Crippen molar-refractivity contribution in [3.8, 4) is 0 Å². The van der Waals surface area contributed by atoms with Crippen LogP contribution in [0.5, 0.6) is 0 Å². The van der Waals surface area contributed by atoms with Gasteiger partial charge in [-0.3, -0.25) is 4.79 Å². The molecule has 0 aliphatic carbocycles. The average Bonchev–Trinajstić information content (AvgIpc) is 2.28. The molecule has 0 radical (unpaired) electrons. The number of methoxy groups -OCH3 is 1. The second kappa shape index (κ2) is 4.45. The smallest absolute Gasteiger partial charge is 0.314 e. The zero-order chi connectivity index (χ0) is 11.5. The minimum Gasteiger partial charge on any atom is -0.469 e. The van der Waals surface area contributed by atoms with Crippen LogP contribution in [0.15, 0.2) is 30.3 Å². The lowest BCUT2D eigenvalue weighted by Crippen LogP contribution is -2.32. The van der Waals surface area contributed by atoms with Gasteiger partial charge in [0.15, 0.2) is 0 Å². The number of hydrogen-bond donors (Lipinski definition) is 1. The summed E-state index contributed by atoms with van der Waals surface area (Å²) in [6, 6.07) is 9.09. The lowest BCUT2D eigenvalue weighted by Gasteiger charge is -2.27. The normalized spacial score (nSPS) is 13.3. The van der Waals surface area contributed by atoms with E-state index in [1.165, 1.54) is 7.11 Å². The minimum atomic E-state index is -0.934. The molecule has 0 bridgehead atoms. The summed E-state index contributed by atoms with van der Waals surface area (Å²) >= 11 is 0. The van der Waals surface area contributed by atoms with Gasteiger partial charge in [-0.25, -0.2) is 0 Å². The molecule has 0 saturated heterocycles. The number of rotatable bonds is 3. The van der Waals surface area contributed by atoms with Gasteiger partial charge in [0, 0.05) is 0 Å². The number of aliphatic hydroxyl groups excluding tert-OH is 1. The van der Waals surface area contributed by atoms with E-state index in [0.29, 0.717) is 5.56 Å². The number of hydrogen-bond acceptors (Lipinski definition) is 3. The van der Waals surface area contributed by atoms with Crippen molar-refractivity contribution < 1.29 is 14.6 Å². The Balaban J connectivity index is 2.94. The molecular weight excluding hydrogens is 192 g/mol. The third-order valence-corrected chi connectivity index (χ3v) is 2.51. The SMILES string of the molecule is COC(=O)C(C)(C)[C@H](O)c1ccccc1. The molecule has 1 atom stereocenters. The average molecular weight is 208 g/mol. The van der Waals surface area contributed by atoms with Crippen LogP contribution in [0.25, 0.3) is 0 Å². The molecule has 0 fully saturated rings. The first-order valence-corrected chi connectivity index (χ1v) is 4.81. The van der Waals surface area contributed by atoms with Crippen LogP contribution < -0.4 is 0 Å². The van der Waals surface area contributed by atoms with Gasteiger partial charge in [-0.2, -0.15) is 0 Å². The summed E-state index contributed by atoms with van der Waals surface area (Å²) in [4.78, 5) is 11.5. The number of aliphatic hydroxyl groups is 1. The Hall–Kier alpha value is -1.35. The van der Waals surface area contributed by atoms with E-state index >= 15 is 0 Å². The molecule has 0 aliphatic heterocycles. The molecule has 82 valence electrons. The maximum absolute atomic E-state index is 11.5. The monoisotopic (exact) mass is 208 g/mol. The first-order valence-electron chi connectivity index (χ1n) is 4.81. The van der Waals surface area contributed by atoms with Gasteiger partial charge in [0.05, 0.1) is 18.6 Å². The summed E-state index contributed by atoms with van der Waals surface area (Å²) in [5.74, 6) is -0.418. The molecule has 0 spiro atoms. The molecular formula is C12H16O3. The molecule has 0 saturated carbocycles. The van der Waals surface area contributed by atoms with Gasteiger partial charge in [0.1, 0.15) is 0 Å². The molecule has 1 aromatic carbocycles. The molecule has 0 unspecified atom stereocenters. The molecule has 3 heteroatoms. The third-order valence-electron chi connectivity index (χ3n) is 2.51. The summed E-state index contributed by atoms with van der Waals surface area (Å²) in [6.45, 7) is 3.33. The highest BCUT2D eigenvalue weighted by Gasteiger charge is 2.37. The number of ether oxygens (including phenoxy) is 1. The summed E-state index contributed by atoms with van der Waals surface area (Å²) in [7, 11) is 1.32. The van der Waals surface area contributed by atoms with E-state index in [0.717, 1.165) is 0 Å². The van der Waals surface area contributed by atoms with Gasteiger partial charge in [0.25, 0.3) is 0 Å². The summed E-state index contributed by atoms with van der Waals surface area (Å²) in [5.41, 5.74) is -0.219. The Morgan fingerprint density at radius 1 is 1.33 bits per heavy atom. The Bertz CT molecular complexity index is 330. The number of carbonyl (C=O) groups excluding carboxylic acids is 1. The minimum absolute atomic E-state index is 0.418. The molecule has 1 rings (SSSR count). The summed E-state index contributed by atoms with van der Waals surface area (Å²) in [6.07, 6.45) is -0.855. The van der Waals surface area contributed by atoms with E-state index in [1.54, 1.807) is 26.0 Å². The molecule has 1 N–H and O–H groups in total. The Kier molecular flexibility index (Phi) is 3.48. The van der Waals surface area contributed by atoms with E-state index in [2.05, 4.69) is 4.74 Å². The summed E-state index contributed by atoms with van der Waals surface area (Å²) in [5, 5.41) is 10.0. The van der Waals surface area contributed by atoms with Crippen molar-refractivity contribution in [2.24, 2.45) is 5.41 Å². The molecule has 15 heavy (non-hydrogen) atoms. The van der Waals surface area contributed by atoms with Crippen LogP contribution >= 0.6 is 0 Å². The zero-order valence-electron chi connectivity index (χ0n) is 9.23. The molecule has 0 amide bonds. The van der Waals surface area contributed by atoms with Crippen molar-refractivity contribution in [3.63, 3.8) is 0 Å². The molecule has 0 aliphatic rings. The zero-order valence-corrected chi connectivity index (χ0v) is 9.23. The number of benzene rings is 1. The lowest BCUT2D eigenvalue weighted by atomic mass is 9.83. The Morgan fingerprint density at radius 3 is 2.33 bits per heavy atom. The lowest BCUT2D eigenvalue weighted by molar-refractivity contribution is -0.157. The van der Waals surface area contributed by atoms with Crippen molar-refractivity contribution in [2.45, 2.75) is 20.0 Å². The van der Waals surface area contributed by atoms with Crippen LogP contribution in [-0.2, 0) is 9.53 Å². The van der Waals surface area contributed by atoms with E-state index < -0.39 is 17.5 Å². The molecule has 3 nitrogen and oxygen atoms in total. The second-order valence-electron chi connectivity index (χ2n) is 4.03. The Morgan fingerprint density at radius 2 is 1.87 bits per heavy atom. The van der Waals surface area contributed by atoms with Gasteiger partial charge in [0.2, 0.25) is 0 Å². The van der Waals surface area contributed by atoms with E-state index in [9.17, 15) is 9.90 Å². The van der Waals surface area contributed by atoms with E-state index in [1.807, 2.05) is 18.2 Å². The number of carbonyl (C=O) groups is 1. The fourth-order valence-electron chi connectivity index (χ4n) is 1.43.